The van der Waals surface area contributed by atoms with Gasteiger partial charge in [-0.25, -0.2) is 0 Å². The van der Waals surface area contributed by atoms with E-state index in [0.717, 1.165) is 17.5 Å². The second-order valence-corrected chi connectivity index (χ2v) is 7.45. The van der Waals surface area contributed by atoms with Crippen LogP contribution in [0, 0.1) is 0 Å². The minimum absolute atomic E-state index is 0.0212. The van der Waals surface area contributed by atoms with Gasteiger partial charge in [0, 0.05) is 5.56 Å². The van der Waals surface area contributed by atoms with Crippen LogP contribution in [0.25, 0.3) is 11.1 Å². The molecule has 0 bridgehead atoms. The van der Waals surface area contributed by atoms with Crippen LogP contribution in [0.2, 0.25) is 0 Å². The zero-order chi connectivity index (χ0) is 19.5. The highest BCUT2D eigenvalue weighted by Gasteiger charge is 2.08. The number of carbonyl (C=O) groups excluding carboxylic acids is 2. The molecule has 0 saturated heterocycles. The smallest absolute Gasteiger partial charge is 0.170 e. The first-order chi connectivity index (χ1) is 13.1. The largest absolute Gasteiger partial charge is 0.300 e. The van der Waals surface area contributed by atoms with Gasteiger partial charge in [0.25, 0.3) is 0 Å². The summed E-state index contributed by atoms with van der Waals surface area (Å²) in [6.45, 7) is 3.70. The van der Waals surface area contributed by atoms with Gasteiger partial charge >= 0.3 is 0 Å². The molecule has 0 aromatic heterocycles. The van der Waals surface area contributed by atoms with Gasteiger partial charge in [-0.3, -0.25) is 9.59 Å². The van der Waals surface area contributed by atoms with Gasteiger partial charge in [0.2, 0.25) is 0 Å². The minimum atomic E-state index is -0.112. The Hall–Kier alpha value is -2.22. The molecule has 2 aromatic rings. The molecular formula is C25H32O2. The summed E-state index contributed by atoms with van der Waals surface area (Å²) in [6, 6.07) is 16.3. The molecule has 2 nitrogen and oxygen atoms in total. The number of benzene rings is 2. The SMILES string of the molecule is CCCCCCCCCc1ccc(-c2ccc(C(=O)CC(C)=O)cc2)cc1. The molecule has 2 heteroatoms. The van der Waals surface area contributed by atoms with Crippen LogP contribution in [0.3, 0.4) is 0 Å². The van der Waals surface area contributed by atoms with E-state index in [1.807, 2.05) is 24.3 Å². The Balaban J connectivity index is 1.82. The number of hydrogen-bond acceptors (Lipinski definition) is 2. The maximum absolute atomic E-state index is 11.9. The van der Waals surface area contributed by atoms with Crippen LogP contribution in [0.1, 0.15) is 81.1 Å². The van der Waals surface area contributed by atoms with E-state index in [-0.39, 0.29) is 18.0 Å². The summed E-state index contributed by atoms with van der Waals surface area (Å²) in [4.78, 5) is 23.0. The Morgan fingerprint density at radius 1 is 0.704 bits per heavy atom. The molecule has 0 atom stereocenters. The maximum atomic E-state index is 11.9. The highest BCUT2D eigenvalue weighted by atomic mass is 16.1. The highest BCUT2D eigenvalue weighted by molar-refractivity contribution is 6.07. The second-order valence-electron chi connectivity index (χ2n) is 7.45. The third kappa shape index (κ3) is 7.50. The molecule has 0 spiro atoms. The van der Waals surface area contributed by atoms with E-state index >= 15 is 0 Å². The Labute approximate surface area is 164 Å². The predicted octanol–water partition coefficient (Wildman–Crippen LogP) is 6.81. The number of ketones is 2. The standard InChI is InChI=1S/C25H32O2/c1-3-4-5-6-7-8-9-10-21-11-13-22(14-12-21)23-15-17-24(18-16-23)25(27)19-20(2)26/h11-18H,3-10,19H2,1-2H3. The summed E-state index contributed by atoms with van der Waals surface area (Å²) in [5.41, 5.74) is 4.24. The number of unbranched alkanes of at least 4 members (excludes halogenated alkanes) is 6. The lowest BCUT2D eigenvalue weighted by Crippen LogP contribution is -2.04. The Morgan fingerprint density at radius 2 is 1.22 bits per heavy atom. The molecule has 0 aliphatic carbocycles. The molecular weight excluding hydrogens is 332 g/mol. The van der Waals surface area contributed by atoms with Gasteiger partial charge in [-0.1, -0.05) is 94.0 Å². The van der Waals surface area contributed by atoms with Gasteiger partial charge in [0.15, 0.2) is 5.78 Å². The van der Waals surface area contributed by atoms with E-state index in [0.29, 0.717) is 5.56 Å². The van der Waals surface area contributed by atoms with Crippen LogP contribution in [0.5, 0.6) is 0 Å². The fourth-order valence-electron chi connectivity index (χ4n) is 3.33. The van der Waals surface area contributed by atoms with Crippen molar-refractivity contribution < 1.29 is 9.59 Å². The Bertz CT molecular complexity index is 711. The quantitative estimate of drug-likeness (QED) is 0.235. The molecule has 0 fully saturated rings. The van der Waals surface area contributed by atoms with E-state index in [9.17, 15) is 9.59 Å². The van der Waals surface area contributed by atoms with Crippen molar-refractivity contribution in [2.45, 2.75) is 71.6 Å². The van der Waals surface area contributed by atoms with Gasteiger partial charge in [-0.15, -0.1) is 0 Å². The molecule has 0 aliphatic rings. The number of hydrogen-bond donors (Lipinski definition) is 0. The van der Waals surface area contributed by atoms with Crippen LogP contribution in [0.4, 0.5) is 0 Å². The maximum Gasteiger partial charge on any atom is 0.170 e. The van der Waals surface area contributed by atoms with Crippen LogP contribution < -0.4 is 0 Å². The molecule has 144 valence electrons. The van der Waals surface area contributed by atoms with E-state index in [1.54, 1.807) is 0 Å². The average Bonchev–Trinajstić information content (AvgIpc) is 2.67. The molecule has 0 N–H and O–H groups in total. The van der Waals surface area contributed by atoms with Gasteiger partial charge in [0.1, 0.15) is 5.78 Å². The molecule has 2 aromatic carbocycles. The first kappa shape index (κ1) is 21.1. The molecule has 0 heterocycles. The zero-order valence-electron chi connectivity index (χ0n) is 16.8. The number of aryl methyl sites for hydroxylation is 1. The third-order valence-electron chi connectivity index (χ3n) is 4.97. The molecule has 2 rings (SSSR count). The van der Waals surface area contributed by atoms with Crippen molar-refractivity contribution in [1.82, 2.24) is 0 Å². The summed E-state index contributed by atoms with van der Waals surface area (Å²) in [7, 11) is 0. The summed E-state index contributed by atoms with van der Waals surface area (Å²) in [5.74, 6) is -0.209. The summed E-state index contributed by atoms with van der Waals surface area (Å²) in [5, 5.41) is 0. The summed E-state index contributed by atoms with van der Waals surface area (Å²) < 4.78 is 0. The van der Waals surface area contributed by atoms with Crippen LogP contribution >= 0.6 is 0 Å². The van der Waals surface area contributed by atoms with Gasteiger partial charge in [-0.2, -0.15) is 0 Å². The van der Waals surface area contributed by atoms with Gasteiger partial charge in [-0.05, 0) is 36.5 Å². The predicted molar refractivity (Wildman–Crippen MR) is 113 cm³/mol. The van der Waals surface area contributed by atoms with E-state index in [4.69, 9.17) is 0 Å². The van der Waals surface area contributed by atoms with Gasteiger partial charge in [0.05, 0.1) is 6.42 Å². The fraction of sp³-hybridized carbons (Fsp3) is 0.440. The molecule has 0 saturated carbocycles. The minimum Gasteiger partial charge on any atom is -0.300 e. The lowest BCUT2D eigenvalue weighted by Gasteiger charge is -2.06. The van der Waals surface area contributed by atoms with Crippen LogP contribution in [0.15, 0.2) is 48.5 Å². The van der Waals surface area contributed by atoms with E-state index in [1.165, 1.54) is 57.4 Å². The number of carbonyl (C=O) groups is 2. The third-order valence-corrected chi connectivity index (χ3v) is 4.97. The number of rotatable bonds is 12. The molecule has 0 unspecified atom stereocenters. The fourth-order valence-corrected chi connectivity index (χ4v) is 3.33. The van der Waals surface area contributed by atoms with E-state index in [2.05, 4.69) is 31.2 Å². The zero-order valence-corrected chi connectivity index (χ0v) is 16.8. The Kier molecular flexibility index (Phi) is 8.97. The van der Waals surface area contributed by atoms with Crippen molar-refractivity contribution in [3.8, 4) is 11.1 Å². The van der Waals surface area contributed by atoms with Gasteiger partial charge < -0.3 is 0 Å². The molecule has 0 amide bonds. The second kappa shape index (κ2) is 11.5. The highest BCUT2D eigenvalue weighted by Crippen LogP contribution is 2.22. The van der Waals surface area contributed by atoms with Crippen molar-refractivity contribution in [3.63, 3.8) is 0 Å². The Morgan fingerprint density at radius 3 is 1.78 bits per heavy atom. The van der Waals surface area contributed by atoms with Crippen molar-refractivity contribution in [2.24, 2.45) is 0 Å². The topological polar surface area (TPSA) is 34.1 Å². The molecule has 27 heavy (non-hydrogen) atoms. The van der Waals surface area contributed by atoms with Crippen LogP contribution in [-0.4, -0.2) is 11.6 Å². The monoisotopic (exact) mass is 364 g/mol. The lowest BCUT2D eigenvalue weighted by atomic mass is 9.98. The number of Topliss-reactive ketones (excluding diaryl/α,β-unsaturated/α-hetero) is 2. The van der Waals surface area contributed by atoms with Crippen molar-refractivity contribution in [1.29, 1.82) is 0 Å². The lowest BCUT2D eigenvalue weighted by molar-refractivity contribution is -0.116. The van der Waals surface area contributed by atoms with E-state index < -0.39 is 0 Å². The van der Waals surface area contributed by atoms with Crippen molar-refractivity contribution in [2.75, 3.05) is 0 Å². The summed E-state index contributed by atoms with van der Waals surface area (Å²) in [6.07, 6.45) is 10.5. The first-order valence-corrected chi connectivity index (χ1v) is 10.3. The first-order valence-electron chi connectivity index (χ1n) is 10.3. The molecule has 0 aliphatic heterocycles. The molecule has 0 radical (unpaired) electrons. The summed E-state index contributed by atoms with van der Waals surface area (Å²) >= 11 is 0. The average molecular weight is 365 g/mol. The normalized spacial score (nSPS) is 10.7. The van der Waals surface area contributed by atoms with Crippen LogP contribution in [-0.2, 0) is 11.2 Å². The van der Waals surface area contributed by atoms with Crippen molar-refractivity contribution in [3.05, 3.63) is 59.7 Å². The van der Waals surface area contributed by atoms with Crippen molar-refractivity contribution >= 4 is 11.6 Å².